The van der Waals surface area contributed by atoms with Gasteiger partial charge >= 0.3 is 0 Å². The van der Waals surface area contributed by atoms with Crippen LogP contribution in [0, 0.1) is 12.9 Å². The summed E-state index contributed by atoms with van der Waals surface area (Å²) in [4.78, 5) is 46.7. The molecule has 2 aromatic heterocycles. The highest BCUT2D eigenvalue weighted by atomic mass is 19.1. The van der Waals surface area contributed by atoms with E-state index < -0.39 is 18.0 Å². The van der Waals surface area contributed by atoms with Gasteiger partial charge in [-0.15, -0.1) is 0 Å². The molecule has 0 spiro atoms. The summed E-state index contributed by atoms with van der Waals surface area (Å²) in [5.74, 6) is -0.714. The van der Waals surface area contributed by atoms with E-state index in [1.165, 1.54) is 6.20 Å². The monoisotopic (exact) mass is 488 g/mol. The van der Waals surface area contributed by atoms with E-state index in [0.717, 1.165) is 18.4 Å². The maximum atomic E-state index is 14.8. The van der Waals surface area contributed by atoms with Gasteiger partial charge in [-0.05, 0) is 61.8 Å². The van der Waals surface area contributed by atoms with Gasteiger partial charge in [-0.2, -0.15) is 4.39 Å². The van der Waals surface area contributed by atoms with Crippen LogP contribution >= 0.6 is 0 Å². The summed E-state index contributed by atoms with van der Waals surface area (Å²) in [7, 11) is 0. The first-order valence-corrected chi connectivity index (χ1v) is 12.4. The van der Waals surface area contributed by atoms with E-state index in [1.807, 2.05) is 30.3 Å². The summed E-state index contributed by atoms with van der Waals surface area (Å²) in [5.41, 5.74) is 2.89. The fraction of sp³-hybridized carbons (Fsp3) is 0.357. The Hall–Kier alpha value is -3.81. The van der Waals surface area contributed by atoms with Crippen molar-refractivity contribution in [3.05, 3.63) is 99.0 Å². The highest BCUT2D eigenvalue weighted by Gasteiger charge is 2.36. The first kappa shape index (κ1) is 23.9. The number of halogens is 1. The number of hydrogen-bond donors (Lipinski definition) is 2. The molecule has 1 aliphatic heterocycles. The molecule has 3 aromatic rings. The second-order valence-corrected chi connectivity index (χ2v) is 9.68. The molecule has 7 nitrogen and oxygen atoms in total. The Bertz CT molecular complexity index is 1340. The molecule has 1 saturated carbocycles. The topological polar surface area (TPSA) is 95.2 Å². The zero-order valence-electron chi connectivity index (χ0n) is 20.2. The van der Waals surface area contributed by atoms with Crippen LogP contribution in [-0.4, -0.2) is 39.3 Å². The smallest absolute Gasteiger partial charge is 0.250 e. The lowest BCUT2D eigenvalue weighted by Crippen LogP contribution is -2.47. The maximum Gasteiger partial charge on any atom is 0.250 e. The molecule has 0 radical (unpaired) electrons. The van der Waals surface area contributed by atoms with Gasteiger partial charge in [0.15, 0.2) is 0 Å². The van der Waals surface area contributed by atoms with Crippen LogP contribution in [0.15, 0.2) is 59.5 Å². The zero-order chi connectivity index (χ0) is 25.2. The number of rotatable bonds is 7. The Morgan fingerprint density at radius 3 is 2.64 bits per heavy atom. The minimum atomic E-state index is -0.638. The van der Waals surface area contributed by atoms with Gasteiger partial charge in [0.1, 0.15) is 6.04 Å². The number of benzene rings is 1. The third-order valence-corrected chi connectivity index (χ3v) is 7.01. The minimum Gasteiger partial charge on any atom is -0.342 e. The molecule has 1 aromatic carbocycles. The molecule has 0 unspecified atom stereocenters. The number of nitrogens with zero attached hydrogens (tertiary/aromatic N) is 2. The fourth-order valence-corrected chi connectivity index (χ4v) is 4.90. The van der Waals surface area contributed by atoms with Crippen molar-refractivity contribution in [2.75, 3.05) is 6.54 Å². The molecule has 1 saturated heterocycles. The second kappa shape index (κ2) is 10.0. The second-order valence-electron chi connectivity index (χ2n) is 9.68. The van der Waals surface area contributed by atoms with Crippen molar-refractivity contribution in [1.82, 2.24) is 20.2 Å². The molecular formula is C28H29FN4O3. The van der Waals surface area contributed by atoms with Crippen molar-refractivity contribution >= 4 is 11.8 Å². The normalized spacial score (nSPS) is 18.2. The third-order valence-electron chi connectivity index (χ3n) is 7.01. The molecule has 2 fully saturated rings. The Morgan fingerprint density at radius 2 is 1.94 bits per heavy atom. The summed E-state index contributed by atoms with van der Waals surface area (Å²) in [5, 5.41) is 3.04. The molecule has 2 atom stereocenters. The predicted octanol–water partition coefficient (Wildman–Crippen LogP) is 3.53. The standard InChI is InChI=1S/C28H29FN4O3/c1-17-14-18(16-30-27(17)35)15-24(34)33-13-5-8-23(33)28(36)32-25(20-6-3-2-4-7-20)22-12-11-21(19-9-10-19)26(29)31-22/h2-4,6-7,11-12,14,16,19,23,25H,5,8-10,13,15H2,1H3,(H,30,35)(H,32,36)/t23-,25-/m0/s1. The Labute approximate surface area is 208 Å². The molecule has 8 heteroatoms. The van der Waals surface area contributed by atoms with Gasteiger partial charge < -0.3 is 15.2 Å². The molecule has 5 rings (SSSR count). The van der Waals surface area contributed by atoms with Crippen molar-refractivity contribution in [2.24, 2.45) is 0 Å². The van der Waals surface area contributed by atoms with Crippen LogP contribution in [-0.2, 0) is 16.0 Å². The van der Waals surface area contributed by atoms with E-state index in [9.17, 15) is 18.8 Å². The summed E-state index contributed by atoms with van der Waals surface area (Å²) >= 11 is 0. The number of aryl methyl sites for hydroxylation is 1. The number of amides is 2. The van der Waals surface area contributed by atoms with Gasteiger partial charge in [0, 0.05) is 23.9 Å². The number of aromatic nitrogens is 2. The number of pyridine rings is 2. The van der Waals surface area contributed by atoms with Crippen LogP contribution in [0.2, 0.25) is 0 Å². The van der Waals surface area contributed by atoms with E-state index >= 15 is 0 Å². The average Bonchev–Trinajstić information content (AvgIpc) is 3.59. The summed E-state index contributed by atoms with van der Waals surface area (Å²) in [6.07, 6.45) is 4.84. The number of aromatic amines is 1. The van der Waals surface area contributed by atoms with Crippen molar-refractivity contribution in [2.45, 2.75) is 57.0 Å². The van der Waals surface area contributed by atoms with E-state index in [0.29, 0.717) is 41.8 Å². The highest BCUT2D eigenvalue weighted by molar-refractivity contribution is 5.89. The van der Waals surface area contributed by atoms with Crippen LogP contribution in [0.5, 0.6) is 0 Å². The van der Waals surface area contributed by atoms with E-state index in [1.54, 1.807) is 30.0 Å². The molecule has 2 aliphatic rings. The molecule has 2 N–H and O–H groups in total. The van der Waals surface area contributed by atoms with Gasteiger partial charge in [-0.1, -0.05) is 36.4 Å². The predicted molar refractivity (Wildman–Crippen MR) is 133 cm³/mol. The number of carbonyl (C=O) groups is 2. The maximum absolute atomic E-state index is 14.8. The van der Waals surface area contributed by atoms with Crippen molar-refractivity contribution < 1.29 is 14.0 Å². The number of carbonyl (C=O) groups excluding carboxylic acids is 2. The third kappa shape index (κ3) is 5.08. The molecule has 2 amide bonds. The van der Waals surface area contributed by atoms with Crippen LogP contribution in [0.25, 0.3) is 0 Å². The van der Waals surface area contributed by atoms with Crippen LogP contribution in [0.3, 0.4) is 0 Å². The summed E-state index contributed by atoms with van der Waals surface area (Å²) < 4.78 is 14.8. The van der Waals surface area contributed by atoms with Crippen LogP contribution < -0.4 is 10.9 Å². The van der Waals surface area contributed by atoms with Crippen molar-refractivity contribution in [1.29, 1.82) is 0 Å². The number of hydrogen-bond acceptors (Lipinski definition) is 4. The Balaban J connectivity index is 1.35. The number of nitrogens with one attached hydrogen (secondary N) is 2. The van der Waals surface area contributed by atoms with Gasteiger partial charge in [-0.25, -0.2) is 4.98 Å². The molecular weight excluding hydrogens is 459 g/mol. The first-order valence-electron chi connectivity index (χ1n) is 12.4. The number of H-pyrrole nitrogens is 1. The van der Waals surface area contributed by atoms with Crippen LogP contribution in [0.1, 0.15) is 65.6 Å². The largest absolute Gasteiger partial charge is 0.342 e. The molecule has 36 heavy (non-hydrogen) atoms. The van der Waals surface area contributed by atoms with Crippen LogP contribution in [0.4, 0.5) is 4.39 Å². The molecule has 1 aliphatic carbocycles. The van der Waals surface area contributed by atoms with Gasteiger partial charge in [0.05, 0.1) is 18.2 Å². The SMILES string of the molecule is Cc1cc(CC(=O)N2CCC[C@H]2C(=O)N[C@@H](c2ccccc2)c2ccc(C3CC3)c(F)n2)c[nH]c1=O. The summed E-state index contributed by atoms with van der Waals surface area (Å²) in [6.45, 7) is 2.18. The average molecular weight is 489 g/mol. The molecule has 3 heterocycles. The Morgan fingerprint density at radius 1 is 1.17 bits per heavy atom. The van der Waals surface area contributed by atoms with E-state index in [-0.39, 0.29) is 29.7 Å². The summed E-state index contributed by atoms with van der Waals surface area (Å²) in [6, 6.07) is 13.3. The zero-order valence-corrected chi connectivity index (χ0v) is 20.2. The number of likely N-dealkylation sites (tertiary alicyclic amines) is 1. The van der Waals surface area contributed by atoms with E-state index in [2.05, 4.69) is 15.3 Å². The van der Waals surface area contributed by atoms with Crippen molar-refractivity contribution in [3.63, 3.8) is 0 Å². The molecule has 186 valence electrons. The minimum absolute atomic E-state index is 0.0961. The Kier molecular flexibility index (Phi) is 6.67. The van der Waals surface area contributed by atoms with Crippen molar-refractivity contribution in [3.8, 4) is 0 Å². The lowest BCUT2D eigenvalue weighted by Gasteiger charge is -2.27. The first-order chi connectivity index (χ1) is 17.4. The highest BCUT2D eigenvalue weighted by Crippen LogP contribution is 2.41. The lowest BCUT2D eigenvalue weighted by molar-refractivity contribution is -0.138. The van der Waals surface area contributed by atoms with Gasteiger partial charge in [0.2, 0.25) is 17.8 Å². The van der Waals surface area contributed by atoms with Gasteiger partial charge in [0.25, 0.3) is 5.56 Å². The quantitative estimate of drug-likeness (QED) is 0.498. The fourth-order valence-electron chi connectivity index (χ4n) is 4.90. The van der Waals surface area contributed by atoms with E-state index in [4.69, 9.17) is 0 Å². The van der Waals surface area contributed by atoms with Gasteiger partial charge in [-0.3, -0.25) is 14.4 Å². The lowest BCUT2D eigenvalue weighted by atomic mass is 10.0. The molecule has 0 bridgehead atoms.